The minimum absolute atomic E-state index is 0.282. The van der Waals surface area contributed by atoms with Gasteiger partial charge in [-0.1, -0.05) is 6.92 Å². The van der Waals surface area contributed by atoms with Gasteiger partial charge in [0.1, 0.15) is 5.82 Å². The van der Waals surface area contributed by atoms with Crippen LogP contribution < -0.4 is 16.0 Å². The predicted molar refractivity (Wildman–Crippen MR) is 74.7 cm³/mol. The first-order valence-corrected chi connectivity index (χ1v) is 6.72. The van der Waals surface area contributed by atoms with Gasteiger partial charge in [-0.25, -0.2) is 4.39 Å². The zero-order valence-electron chi connectivity index (χ0n) is 11.2. The van der Waals surface area contributed by atoms with E-state index in [-0.39, 0.29) is 11.7 Å². The Kier molecular flexibility index (Phi) is 4.37. The van der Waals surface area contributed by atoms with Crippen LogP contribution in [-0.4, -0.2) is 25.0 Å². The van der Waals surface area contributed by atoms with Gasteiger partial charge in [-0.3, -0.25) is 4.79 Å². The molecular formula is C14H20FN3O. The van der Waals surface area contributed by atoms with Crippen LogP contribution in [-0.2, 0) is 4.79 Å². The van der Waals surface area contributed by atoms with Gasteiger partial charge in [0.05, 0.1) is 11.7 Å². The normalized spacial score (nSPS) is 16.5. The Morgan fingerprint density at radius 1 is 1.47 bits per heavy atom. The fourth-order valence-electron chi connectivity index (χ4n) is 2.22. The van der Waals surface area contributed by atoms with E-state index in [1.807, 2.05) is 11.8 Å². The van der Waals surface area contributed by atoms with E-state index in [0.717, 1.165) is 25.9 Å². The van der Waals surface area contributed by atoms with Crippen LogP contribution in [0.15, 0.2) is 18.2 Å². The van der Waals surface area contributed by atoms with Crippen molar-refractivity contribution in [1.82, 2.24) is 0 Å². The van der Waals surface area contributed by atoms with Gasteiger partial charge in [-0.05, 0) is 37.5 Å². The lowest BCUT2D eigenvalue weighted by Crippen LogP contribution is -2.34. The van der Waals surface area contributed by atoms with Gasteiger partial charge in [0.15, 0.2) is 0 Å². The minimum Gasteiger partial charge on any atom is -0.369 e. The lowest BCUT2D eigenvalue weighted by molar-refractivity contribution is -0.117. The topological polar surface area (TPSA) is 58.4 Å². The van der Waals surface area contributed by atoms with Gasteiger partial charge < -0.3 is 16.0 Å². The van der Waals surface area contributed by atoms with E-state index in [1.165, 1.54) is 6.07 Å². The number of carbonyl (C=O) groups excluding carboxylic acids is 1. The first kappa shape index (κ1) is 13.8. The van der Waals surface area contributed by atoms with Gasteiger partial charge >= 0.3 is 0 Å². The summed E-state index contributed by atoms with van der Waals surface area (Å²) in [6.45, 7) is 3.62. The second-order valence-electron chi connectivity index (χ2n) is 4.86. The summed E-state index contributed by atoms with van der Waals surface area (Å²) in [6, 6.07) is 4.24. The van der Waals surface area contributed by atoms with Crippen molar-refractivity contribution in [2.45, 2.75) is 32.2 Å². The van der Waals surface area contributed by atoms with Crippen LogP contribution >= 0.6 is 0 Å². The van der Waals surface area contributed by atoms with Crippen molar-refractivity contribution in [1.29, 1.82) is 0 Å². The average Bonchev–Trinajstić information content (AvgIpc) is 2.91. The number of nitrogens with zero attached hydrogens (tertiary/aromatic N) is 1. The molecule has 2 rings (SSSR count). The average molecular weight is 265 g/mol. The van der Waals surface area contributed by atoms with E-state index in [1.54, 1.807) is 12.1 Å². The van der Waals surface area contributed by atoms with E-state index >= 15 is 0 Å². The quantitative estimate of drug-likeness (QED) is 0.876. The maximum Gasteiger partial charge on any atom is 0.241 e. The fourth-order valence-corrected chi connectivity index (χ4v) is 2.22. The third-order valence-electron chi connectivity index (χ3n) is 3.44. The second kappa shape index (κ2) is 6.02. The first-order valence-electron chi connectivity index (χ1n) is 6.72. The van der Waals surface area contributed by atoms with Gasteiger partial charge in [-0.15, -0.1) is 0 Å². The molecule has 0 aliphatic carbocycles. The van der Waals surface area contributed by atoms with E-state index < -0.39 is 6.04 Å². The largest absolute Gasteiger partial charge is 0.369 e. The monoisotopic (exact) mass is 265 g/mol. The molecule has 104 valence electrons. The molecule has 1 aromatic carbocycles. The molecule has 4 nitrogen and oxygen atoms in total. The van der Waals surface area contributed by atoms with Crippen molar-refractivity contribution < 1.29 is 9.18 Å². The smallest absolute Gasteiger partial charge is 0.241 e. The number of anilines is 2. The predicted octanol–water partition coefficient (Wildman–Crippen LogP) is 2.10. The molecule has 5 heteroatoms. The molecule has 1 fully saturated rings. The molecule has 0 spiro atoms. The molecule has 0 saturated carbocycles. The summed E-state index contributed by atoms with van der Waals surface area (Å²) < 4.78 is 14.0. The summed E-state index contributed by atoms with van der Waals surface area (Å²) >= 11 is 0. The zero-order valence-corrected chi connectivity index (χ0v) is 11.2. The van der Waals surface area contributed by atoms with Crippen LogP contribution in [0.25, 0.3) is 0 Å². The fraction of sp³-hybridized carbons (Fsp3) is 0.500. The molecule has 1 aromatic rings. The number of carbonyl (C=O) groups is 1. The Morgan fingerprint density at radius 2 is 2.16 bits per heavy atom. The van der Waals surface area contributed by atoms with Crippen LogP contribution in [0.5, 0.6) is 0 Å². The molecule has 1 heterocycles. The molecular weight excluding hydrogens is 245 g/mol. The van der Waals surface area contributed by atoms with Crippen molar-refractivity contribution in [3.05, 3.63) is 24.0 Å². The van der Waals surface area contributed by atoms with Crippen molar-refractivity contribution in [3.63, 3.8) is 0 Å². The molecule has 0 radical (unpaired) electrons. The Labute approximate surface area is 112 Å². The lowest BCUT2D eigenvalue weighted by Gasteiger charge is -2.19. The summed E-state index contributed by atoms with van der Waals surface area (Å²) in [5, 5.41) is 2.63. The third-order valence-corrected chi connectivity index (χ3v) is 3.44. The second-order valence-corrected chi connectivity index (χ2v) is 4.86. The van der Waals surface area contributed by atoms with E-state index in [4.69, 9.17) is 5.73 Å². The third kappa shape index (κ3) is 3.23. The zero-order chi connectivity index (χ0) is 13.8. The van der Waals surface area contributed by atoms with Gasteiger partial charge in [-0.2, -0.15) is 0 Å². The Hall–Kier alpha value is -1.62. The number of nitrogens with one attached hydrogen (secondary N) is 1. The van der Waals surface area contributed by atoms with Crippen LogP contribution in [0.3, 0.4) is 0 Å². The molecule has 1 atom stereocenters. The molecule has 3 N–H and O–H groups in total. The molecule has 0 bridgehead atoms. The molecule has 1 saturated heterocycles. The number of hydrogen-bond acceptors (Lipinski definition) is 3. The van der Waals surface area contributed by atoms with Gasteiger partial charge in [0.2, 0.25) is 5.91 Å². The Morgan fingerprint density at radius 3 is 2.74 bits per heavy atom. The Balaban J connectivity index is 2.08. The molecule has 1 aliphatic rings. The van der Waals surface area contributed by atoms with Crippen molar-refractivity contribution in [2.24, 2.45) is 5.73 Å². The molecule has 1 aliphatic heterocycles. The Bertz CT molecular complexity index is 458. The van der Waals surface area contributed by atoms with Gasteiger partial charge in [0.25, 0.3) is 0 Å². The maximum atomic E-state index is 14.0. The standard InChI is InChI=1S/C14H20FN3O/c1-2-12(16)14(19)17-10-5-6-13(11(15)9-10)18-7-3-4-8-18/h5-6,9,12H,2-4,7-8,16H2,1H3,(H,17,19)/t12-/m1/s1. The van der Waals surface area contributed by atoms with Crippen molar-refractivity contribution in [2.75, 3.05) is 23.3 Å². The van der Waals surface area contributed by atoms with Crippen LogP contribution in [0, 0.1) is 5.82 Å². The molecule has 19 heavy (non-hydrogen) atoms. The first-order chi connectivity index (χ1) is 9.11. The highest BCUT2D eigenvalue weighted by Gasteiger charge is 2.17. The number of benzene rings is 1. The number of nitrogens with two attached hydrogens (primary N) is 1. The number of rotatable bonds is 4. The van der Waals surface area contributed by atoms with Crippen molar-refractivity contribution >= 4 is 17.3 Å². The highest BCUT2D eigenvalue weighted by atomic mass is 19.1. The van der Waals surface area contributed by atoms with Crippen LogP contribution in [0.4, 0.5) is 15.8 Å². The number of halogens is 1. The summed E-state index contributed by atoms with van der Waals surface area (Å²) in [6.07, 6.45) is 2.76. The number of hydrogen-bond donors (Lipinski definition) is 2. The van der Waals surface area contributed by atoms with Crippen LogP contribution in [0.2, 0.25) is 0 Å². The highest BCUT2D eigenvalue weighted by Crippen LogP contribution is 2.26. The van der Waals surface area contributed by atoms with Crippen molar-refractivity contribution in [3.8, 4) is 0 Å². The SMILES string of the molecule is CC[C@@H](N)C(=O)Nc1ccc(N2CCCC2)c(F)c1. The molecule has 0 unspecified atom stereocenters. The van der Waals surface area contributed by atoms with Gasteiger partial charge in [0, 0.05) is 18.8 Å². The summed E-state index contributed by atoms with van der Waals surface area (Å²) in [7, 11) is 0. The molecule has 0 aromatic heterocycles. The lowest BCUT2D eigenvalue weighted by atomic mass is 10.2. The number of amides is 1. The van der Waals surface area contributed by atoms with E-state index in [0.29, 0.717) is 17.8 Å². The summed E-state index contributed by atoms with van der Waals surface area (Å²) in [5.41, 5.74) is 6.68. The summed E-state index contributed by atoms with van der Waals surface area (Å²) in [4.78, 5) is 13.7. The van der Waals surface area contributed by atoms with Crippen LogP contribution in [0.1, 0.15) is 26.2 Å². The summed E-state index contributed by atoms with van der Waals surface area (Å²) in [5.74, 6) is -0.583. The minimum atomic E-state index is -0.554. The van der Waals surface area contributed by atoms with E-state index in [9.17, 15) is 9.18 Å². The highest BCUT2D eigenvalue weighted by molar-refractivity contribution is 5.94. The maximum absolute atomic E-state index is 14.0. The van der Waals surface area contributed by atoms with E-state index in [2.05, 4.69) is 5.32 Å². The molecule has 1 amide bonds.